The Kier molecular flexibility index (Phi) is 5.68. The number of amides is 1. The smallest absolute Gasteiger partial charge is 0.253 e. The lowest BCUT2D eigenvalue weighted by Gasteiger charge is -2.15. The van der Waals surface area contributed by atoms with E-state index >= 15 is 0 Å². The number of aromatic amines is 1. The summed E-state index contributed by atoms with van der Waals surface area (Å²) < 4.78 is 0. The van der Waals surface area contributed by atoms with E-state index in [1.165, 1.54) is 6.92 Å². The molecule has 0 aliphatic heterocycles. The van der Waals surface area contributed by atoms with Crippen molar-refractivity contribution in [2.45, 2.75) is 19.9 Å². The number of hydrogen-bond donors (Lipinski definition) is 3. The number of carbonyl (C=O) groups is 1. The van der Waals surface area contributed by atoms with Crippen molar-refractivity contribution in [2.75, 3.05) is 10.6 Å². The number of anilines is 2. The monoisotopic (exact) mass is 433 g/mol. The zero-order valence-electron chi connectivity index (χ0n) is 16.9. The Morgan fingerprint density at radius 2 is 1.94 bits per heavy atom. The van der Waals surface area contributed by atoms with Gasteiger partial charge in [-0.25, -0.2) is 9.97 Å². The van der Waals surface area contributed by atoms with Crippen LogP contribution in [0.5, 0.6) is 0 Å². The maximum Gasteiger partial charge on any atom is 0.253 e. The molecule has 0 aliphatic rings. The number of H-pyrrole nitrogens is 1. The number of fused-ring (bicyclic) bond motifs is 1. The summed E-state index contributed by atoms with van der Waals surface area (Å²) in [5.74, 6) is 0.206. The van der Waals surface area contributed by atoms with Crippen LogP contribution in [0.1, 0.15) is 25.5 Å². The number of halogens is 1. The molecule has 0 saturated carbocycles. The molecule has 8 heteroatoms. The fourth-order valence-corrected chi connectivity index (χ4v) is 3.62. The number of benzene rings is 2. The van der Waals surface area contributed by atoms with Gasteiger partial charge in [-0.05, 0) is 31.2 Å². The summed E-state index contributed by atoms with van der Waals surface area (Å²) in [7, 11) is 0. The topological polar surface area (TPSA) is 99.8 Å². The molecule has 1 atom stereocenters. The Morgan fingerprint density at radius 1 is 1.13 bits per heavy atom. The molecule has 2 heterocycles. The molecule has 0 bridgehead atoms. The summed E-state index contributed by atoms with van der Waals surface area (Å²) in [5.41, 5.74) is 3.01. The molecule has 0 unspecified atom stereocenters. The van der Waals surface area contributed by atoms with E-state index in [1.54, 1.807) is 18.3 Å². The van der Waals surface area contributed by atoms with Gasteiger partial charge in [-0.2, -0.15) is 0 Å². The lowest BCUT2D eigenvalue weighted by Crippen LogP contribution is -2.20. The first-order valence-electron chi connectivity index (χ1n) is 9.70. The predicted molar refractivity (Wildman–Crippen MR) is 123 cm³/mol. The molecule has 4 rings (SSSR count). The van der Waals surface area contributed by atoms with E-state index in [0.29, 0.717) is 33.4 Å². The predicted octanol–water partition coefficient (Wildman–Crippen LogP) is 4.77. The number of rotatable bonds is 5. The Morgan fingerprint density at radius 3 is 2.74 bits per heavy atom. The van der Waals surface area contributed by atoms with Crippen LogP contribution in [-0.4, -0.2) is 20.9 Å². The summed E-state index contributed by atoms with van der Waals surface area (Å²) >= 11 is 6.18. The van der Waals surface area contributed by atoms with Crippen LogP contribution in [0.25, 0.3) is 22.2 Å². The van der Waals surface area contributed by atoms with E-state index in [1.807, 2.05) is 49.4 Å². The third-order valence-electron chi connectivity index (χ3n) is 4.84. The number of hydrogen-bond acceptors (Lipinski definition) is 5. The molecule has 2 aromatic carbocycles. The van der Waals surface area contributed by atoms with Gasteiger partial charge in [-0.3, -0.25) is 9.59 Å². The van der Waals surface area contributed by atoms with Crippen molar-refractivity contribution in [1.29, 1.82) is 0 Å². The molecular weight excluding hydrogens is 414 g/mol. The third-order valence-corrected chi connectivity index (χ3v) is 5.15. The molecule has 1 amide bonds. The summed E-state index contributed by atoms with van der Waals surface area (Å²) in [5, 5.41) is 7.34. The summed E-state index contributed by atoms with van der Waals surface area (Å²) in [6.45, 7) is 3.32. The number of carbonyl (C=O) groups excluding carboxylic acids is 1. The van der Waals surface area contributed by atoms with Gasteiger partial charge in [-0.15, -0.1) is 0 Å². The minimum atomic E-state index is -0.354. The zero-order chi connectivity index (χ0) is 22.0. The van der Waals surface area contributed by atoms with Crippen LogP contribution in [0.3, 0.4) is 0 Å². The molecule has 3 N–H and O–H groups in total. The zero-order valence-corrected chi connectivity index (χ0v) is 17.7. The fourth-order valence-electron chi connectivity index (χ4n) is 3.39. The van der Waals surface area contributed by atoms with Crippen LogP contribution in [-0.2, 0) is 4.79 Å². The largest absolute Gasteiger partial charge is 0.347 e. The number of nitrogens with zero attached hydrogens (tertiary/aromatic N) is 2. The Balaban J connectivity index is 1.65. The van der Waals surface area contributed by atoms with E-state index in [-0.39, 0.29) is 17.5 Å². The van der Waals surface area contributed by atoms with Gasteiger partial charge in [0.15, 0.2) is 0 Å². The molecular formula is C23H20ClN5O2. The highest BCUT2D eigenvalue weighted by Gasteiger charge is 2.14. The van der Waals surface area contributed by atoms with Crippen molar-refractivity contribution in [3.63, 3.8) is 0 Å². The van der Waals surface area contributed by atoms with Crippen LogP contribution in [0.2, 0.25) is 5.02 Å². The summed E-state index contributed by atoms with van der Waals surface area (Å²) in [6, 6.07) is 16.1. The molecule has 0 fully saturated rings. The second-order valence-corrected chi connectivity index (χ2v) is 7.52. The lowest BCUT2D eigenvalue weighted by molar-refractivity contribution is -0.114. The number of aromatic nitrogens is 3. The van der Waals surface area contributed by atoms with Crippen LogP contribution < -0.4 is 16.2 Å². The van der Waals surface area contributed by atoms with Crippen LogP contribution in [0.4, 0.5) is 11.6 Å². The molecule has 0 saturated heterocycles. The summed E-state index contributed by atoms with van der Waals surface area (Å²) in [6.07, 6.45) is 1.63. The van der Waals surface area contributed by atoms with E-state index in [4.69, 9.17) is 11.6 Å². The van der Waals surface area contributed by atoms with Gasteiger partial charge in [0.25, 0.3) is 5.56 Å². The molecule has 7 nitrogen and oxygen atoms in total. The third kappa shape index (κ3) is 4.41. The van der Waals surface area contributed by atoms with Crippen molar-refractivity contribution < 1.29 is 4.79 Å². The molecule has 0 spiro atoms. The Hall–Kier alpha value is -3.71. The van der Waals surface area contributed by atoms with Crippen molar-refractivity contribution in [2.24, 2.45) is 0 Å². The van der Waals surface area contributed by atoms with Gasteiger partial charge >= 0.3 is 0 Å². The molecule has 31 heavy (non-hydrogen) atoms. The van der Waals surface area contributed by atoms with E-state index in [2.05, 4.69) is 25.6 Å². The maximum atomic E-state index is 12.6. The van der Waals surface area contributed by atoms with Crippen LogP contribution in [0, 0.1) is 0 Å². The van der Waals surface area contributed by atoms with Crippen molar-refractivity contribution in [1.82, 2.24) is 15.0 Å². The number of para-hydroxylation sites is 2. The highest BCUT2D eigenvalue weighted by atomic mass is 35.5. The summed E-state index contributed by atoms with van der Waals surface area (Å²) in [4.78, 5) is 35.8. The second-order valence-electron chi connectivity index (χ2n) is 7.12. The molecule has 2 aromatic heterocycles. The number of pyridine rings is 1. The first-order chi connectivity index (χ1) is 14.9. The van der Waals surface area contributed by atoms with Gasteiger partial charge in [0.2, 0.25) is 11.9 Å². The standard InChI is InChI=1S/C23H20ClN5O2/c1-13(17-12-15-6-5-8-18(24)21(15)29-22(17)31)26-23-25-11-10-20(28-23)16-7-3-4-9-19(16)27-14(2)30/h3-13H,1-2H3,(H,27,30)(H,29,31)(H,25,26,28)/t13-/m0/s1. The normalized spacial score (nSPS) is 11.8. The Labute approximate surface area is 183 Å². The van der Waals surface area contributed by atoms with E-state index in [9.17, 15) is 9.59 Å². The molecule has 156 valence electrons. The van der Waals surface area contributed by atoms with Crippen molar-refractivity contribution in [3.05, 3.63) is 81.7 Å². The van der Waals surface area contributed by atoms with Gasteiger partial charge in [0.1, 0.15) is 0 Å². The minimum absolute atomic E-state index is 0.163. The van der Waals surface area contributed by atoms with Gasteiger partial charge in [0.05, 0.1) is 28.0 Å². The number of nitrogens with one attached hydrogen (secondary N) is 3. The maximum absolute atomic E-state index is 12.6. The fraction of sp³-hybridized carbons (Fsp3) is 0.130. The first-order valence-corrected chi connectivity index (χ1v) is 10.1. The minimum Gasteiger partial charge on any atom is -0.347 e. The van der Waals surface area contributed by atoms with Crippen molar-refractivity contribution >= 4 is 40.0 Å². The van der Waals surface area contributed by atoms with Crippen LogP contribution >= 0.6 is 11.6 Å². The molecule has 0 aliphatic carbocycles. The average molecular weight is 434 g/mol. The van der Waals surface area contributed by atoms with E-state index < -0.39 is 0 Å². The van der Waals surface area contributed by atoms with Gasteiger partial charge in [0, 0.05) is 29.6 Å². The first kappa shape index (κ1) is 20.6. The second kappa shape index (κ2) is 8.57. The Bertz CT molecular complexity index is 1340. The highest BCUT2D eigenvalue weighted by molar-refractivity contribution is 6.35. The lowest BCUT2D eigenvalue weighted by atomic mass is 10.1. The van der Waals surface area contributed by atoms with E-state index in [0.717, 1.165) is 10.9 Å². The molecule has 0 radical (unpaired) electrons. The van der Waals surface area contributed by atoms with Gasteiger partial charge in [-0.1, -0.05) is 41.9 Å². The highest BCUT2D eigenvalue weighted by Crippen LogP contribution is 2.27. The van der Waals surface area contributed by atoms with Crippen molar-refractivity contribution in [3.8, 4) is 11.3 Å². The van der Waals surface area contributed by atoms with Crippen LogP contribution in [0.15, 0.2) is 65.6 Å². The average Bonchev–Trinajstić information content (AvgIpc) is 2.74. The van der Waals surface area contributed by atoms with Gasteiger partial charge < -0.3 is 15.6 Å². The SMILES string of the molecule is CC(=O)Nc1ccccc1-c1ccnc(N[C@@H](C)c2cc3cccc(Cl)c3[nH]c2=O)n1. The molecule has 4 aromatic rings. The quantitative estimate of drug-likeness (QED) is 0.421.